The van der Waals surface area contributed by atoms with E-state index in [-0.39, 0.29) is 18.0 Å². The highest BCUT2D eigenvalue weighted by Gasteiger charge is 2.23. The van der Waals surface area contributed by atoms with Crippen LogP contribution in [0.15, 0.2) is 29.2 Å². The van der Waals surface area contributed by atoms with E-state index in [9.17, 15) is 8.42 Å². The number of nitrogens with two attached hydrogens (primary N) is 1. The summed E-state index contributed by atoms with van der Waals surface area (Å²) in [5, 5.41) is 9.00. The number of aliphatic hydroxyl groups is 1. The summed E-state index contributed by atoms with van der Waals surface area (Å²) < 4.78 is 26.1. The lowest BCUT2D eigenvalue weighted by molar-refractivity contribution is 0.252. The standard InChI is InChI=1S/C12H21N3O3S/c1-2-3-8-15(9-10-16)19(17,18)12-6-4-11(14-13)5-7-12/h4-7,14,16H,2-3,8-10,13H2,1H3. The van der Waals surface area contributed by atoms with Crippen LogP contribution in [0.5, 0.6) is 0 Å². The van der Waals surface area contributed by atoms with Crippen LogP contribution in [0.25, 0.3) is 0 Å². The number of nitrogen functional groups attached to an aromatic ring is 1. The SMILES string of the molecule is CCCCN(CCO)S(=O)(=O)c1ccc(NN)cc1. The molecule has 0 spiro atoms. The molecule has 0 aliphatic carbocycles. The van der Waals surface area contributed by atoms with Crippen molar-refractivity contribution in [2.75, 3.05) is 25.1 Å². The molecule has 7 heteroatoms. The van der Waals surface area contributed by atoms with Crippen molar-refractivity contribution >= 4 is 15.7 Å². The van der Waals surface area contributed by atoms with Crippen molar-refractivity contribution in [3.63, 3.8) is 0 Å². The molecule has 0 aliphatic heterocycles. The highest BCUT2D eigenvalue weighted by molar-refractivity contribution is 7.89. The highest BCUT2D eigenvalue weighted by Crippen LogP contribution is 2.18. The number of hydrogen-bond donors (Lipinski definition) is 3. The van der Waals surface area contributed by atoms with Crippen molar-refractivity contribution in [3.05, 3.63) is 24.3 Å². The Kier molecular flexibility index (Phi) is 6.23. The van der Waals surface area contributed by atoms with Crippen molar-refractivity contribution in [3.8, 4) is 0 Å². The van der Waals surface area contributed by atoms with Gasteiger partial charge in [-0.1, -0.05) is 13.3 Å². The van der Waals surface area contributed by atoms with Crippen LogP contribution in [0.3, 0.4) is 0 Å². The van der Waals surface area contributed by atoms with E-state index in [0.29, 0.717) is 12.2 Å². The number of hydrazine groups is 1. The predicted octanol–water partition coefficient (Wildman–Crippen LogP) is 0.755. The zero-order chi connectivity index (χ0) is 14.3. The molecular weight excluding hydrogens is 266 g/mol. The van der Waals surface area contributed by atoms with Gasteiger partial charge in [0.2, 0.25) is 10.0 Å². The van der Waals surface area contributed by atoms with E-state index in [1.165, 1.54) is 16.4 Å². The van der Waals surface area contributed by atoms with E-state index in [1.807, 2.05) is 6.92 Å². The Labute approximate surface area is 114 Å². The molecule has 1 aromatic carbocycles. The van der Waals surface area contributed by atoms with Crippen molar-refractivity contribution in [1.29, 1.82) is 0 Å². The molecule has 0 heterocycles. The predicted molar refractivity (Wildman–Crippen MR) is 75.0 cm³/mol. The third-order valence-corrected chi connectivity index (χ3v) is 4.68. The first-order valence-corrected chi connectivity index (χ1v) is 7.68. The Balaban J connectivity index is 2.96. The first kappa shape index (κ1) is 15.9. The van der Waals surface area contributed by atoms with Gasteiger partial charge in [0.1, 0.15) is 0 Å². The molecule has 0 amide bonds. The monoisotopic (exact) mass is 287 g/mol. The molecule has 0 bridgehead atoms. The van der Waals surface area contributed by atoms with E-state index in [2.05, 4.69) is 5.43 Å². The smallest absolute Gasteiger partial charge is 0.243 e. The van der Waals surface area contributed by atoms with E-state index in [0.717, 1.165) is 12.8 Å². The molecule has 0 saturated heterocycles. The van der Waals surface area contributed by atoms with Crippen LogP contribution in [0.2, 0.25) is 0 Å². The Morgan fingerprint density at radius 3 is 2.37 bits per heavy atom. The van der Waals surface area contributed by atoms with Crippen LogP contribution < -0.4 is 11.3 Å². The number of sulfonamides is 1. The number of unbranched alkanes of at least 4 members (excludes halogenated alkanes) is 1. The van der Waals surface area contributed by atoms with Gasteiger partial charge in [-0.15, -0.1) is 0 Å². The van der Waals surface area contributed by atoms with Crippen LogP contribution in [0.1, 0.15) is 19.8 Å². The second-order valence-corrected chi connectivity index (χ2v) is 6.09. The maximum atomic E-state index is 12.4. The van der Waals surface area contributed by atoms with Gasteiger partial charge in [0.25, 0.3) is 0 Å². The largest absolute Gasteiger partial charge is 0.395 e. The number of aliphatic hydroxyl groups excluding tert-OH is 1. The number of anilines is 1. The molecule has 0 aliphatic rings. The maximum absolute atomic E-state index is 12.4. The Morgan fingerprint density at radius 2 is 1.89 bits per heavy atom. The lowest BCUT2D eigenvalue weighted by Gasteiger charge is -2.21. The second-order valence-electron chi connectivity index (χ2n) is 4.15. The van der Waals surface area contributed by atoms with Gasteiger partial charge in [0, 0.05) is 18.8 Å². The Morgan fingerprint density at radius 1 is 1.26 bits per heavy atom. The molecule has 0 radical (unpaired) electrons. The molecule has 19 heavy (non-hydrogen) atoms. The number of hydrogen-bond acceptors (Lipinski definition) is 5. The van der Waals surface area contributed by atoms with Crippen molar-refractivity contribution in [2.45, 2.75) is 24.7 Å². The molecule has 0 fully saturated rings. The number of rotatable bonds is 8. The van der Waals surface area contributed by atoms with Gasteiger partial charge < -0.3 is 10.5 Å². The van der Waals surface area contributed by atoms with Gasteiger partial charge in [0.05, 0.1) is 11.5 Å². The van der Waals surface area contributed by atoms with E-state index in [1.54, 1.807) is 12.1 Å². The van der Waals surface area contributed by atoms with Gasteiger partial charge in [-0.25, -0.2) is 8.42 Å². The van der Waals surface area contributed by atoms with Gasteiger partial charge in [0.15, 0.2) is 0 Å². The molecule has 1 aromatic rings. The minimum absolute atomic E-state index is 0.110. The molecule has 0 aromatic heterocycles. The highest BCUT2D eigenvalue weighted by atomic mass is 32.2. The molecule has 0 saturated carbocycles. The summed E-state index contributed by atoms with van der Waals surface area (Å²) in [5.74, 6) is 5.24. The molecule has 108 valence electrons. The van der Waals surface area contributed by atoms with Crippen molar-refractivity contribution in [1.82, 2.24) is 4.31 Å². The average Bonchev–Trinajstić information content (AvgIpc) is 2.43. The fraction of sp³-hybridized carbons (Fsp3) is 0.500. The molecule has 0 unspecified atom stereocenters. The third kappa shape index (κ3) is 4.17. The Hall–Kier alpha value is -1.15. The van der Waals surface area contributed by atoms with Crippen LogP contribution >= 0.6 is 0 Å². The summed E-state index contributed by atoms with van der Waals surface area (Å²) in [5.41, 5.74) is 3.09. The summed E-state index contributed by atoms with van der Waals surface area (Å²) in [7, 11) is -3.56. The summed E-state index contributed by atoms with van der Waals surface area (Å²) in [6, 6.07) is 6.20. The van der Waals surface area contributed by atoms with Crippen LogP contribution in [0, 0.1) is 0 Å². The fourth-order valence-corrected chi connectivity index (χ4v) is 3.14. The quantitative estimate of drug-likeness (QED) is 0.484. The van der Waals surface area contributed by atoms with Crippen LogP contribution in [-0.4, -0.2) is 37.5 Å². The van der Waals surface area contributed by atoms with Gasteiger partial charge in [-0.05, 0) is 30.7 Å². The fourth-order valence-electron chi connectivity index (χ4n) is 1.67. The van der Waals surface area contributed by atoms with Crippen molar-refractivity contribution in [2.24, 2.45) is 5.84 Å². The van der Waals surface area contributed by atoms with Gasteiger partial charge in [-0.2, -0.15) is 4.31 Å². The maximum Gasteiger partial charge on any atom is 0.243 e. The van der Waals surface area contributed by atoms with E-state index >= 15 is 0 Å². The molecule has 6 nitrogen and oxygen atoms in total. The molecule has 4 N–H and O–H groups in total. The lowest BCUT2D eigenvalue weighted by atomic mass is 10.3. The summed E-state index contributed by atoms with van der Waals surface area (Å²) in [6.45, 7) is 2.33. The third-order valence-electron chi connectivity index (χ3n) is 2.77. The number of nitrogens with one attached hydrogen (secondary N) is 1. The molecular formula is C12H21N3O3S. The molecule has 1 rings (SSSR count). The second kappa shape index (κ2) is 7.44. The minimum atomic E-state index is -3.56. The van der Waals surface area contributed by atoms with Gasteiger partial charge in [-0.3, -0.25) is 5.84 Å². The zero-order valence-electron chi connectivity index (χ0n) is 11.0. The lowest BCUT2D eigenvalue weighted by Crippen LogP contribution is -2.34. The normalized spacial score (nSPS) is 11.8. The minimum Gasteiger partial charge on any atom is -0.395 e. The Bertz CT molecular complexity index is 473. The first-order valence-electron chi connectivity index (χ1n) is 6.24. The summed E-state index contributed by atoms with van der Waals surface area (Å²) in [6.07, 6.45) is 1.66. The number of nitrogens with zero attached hydrogens (tertiary/aromatic N) is 1. The van der Waals surface area contributed by atoms with Crippen LogP contribution in [-0.2, 0) is 10.0 Å². The summed E-state index contributed by atoms with van der Waals surface area (Å²) in [4.78, 5) is 0.205. The van der Waals surface area contributed by atoms with E-state index in [4.69, 9.17) is 10.9 Å². The summed E-state index contributed by atoms with van der Waals surface area (Å²) >= 11 is 0. The average molecular weight is 287 g/mol. The van der Waals surface area contributed by atoms with Crippen molar-refractivity contribution < 1.29 is 13.5 Å². The number of benzene rings is 1. The topological polar surface area (TPSA) is 95.7 Å². The molecule has 0 atom stereocenters. The van der Waals surface area contributed by atoms with Crippen LogP contribution in [0.4, 0.5) is 5.69 Å². The first-order chi connectivity index (χ1) is 9.06. The van der Waals surface area contributed by atoms with Gasteiger partial charge >= 0.3 is 0 Å². The zero-order valence-corrected chi connectivity index (χ0v) is 11.9. The van der Waals surface area contributed by atoms with E-state index < -0.39 is 10.0 Å².